The summed E-state index contributed by atoms with van der Waals surface area (Å²) in [7, 11) is 0. The highest BCUT2D eigenvalue weighted by Crippen LogP contribution is 2.21. The van der Waals surface area contributed by atoms with Crippen molar-refractivity contribution in [1.29, 1.82) is 0 Å². The van der Waals surface area contributed by atoms with Crippen molar-refractivity contribution in [3.63, 3.8) is 0 Å². The summed E-state index contributed by atoms with van der Waals surface area (Å²) in [5.74, 6) is -0.0419. The Labute approximate surface area is 91.0 Å². The molecule has 1 aliphatic rings. The predicted molar refractivity (Wildman–Crippen MR) is 58.3 cm³/mol. The molecule has 1 heterocycles. The maximum absolute atomic E-state index is 12.1. The molecule has 1 N–H and O–H groups in total. The number of hydrogen-bond donors (Lipinski definition) is 1. The van der Waals surface area contributed by atoms with Crippen molar-refractivity contribution in [1.82, 2.24) is 10.2 Å². The van der Waals surface area contributed by atoms with Crippen LogP contribution in [-0.4, -0.2) is 34.3 Å². The molecule has 0 spiro atoms. The lowest BCUT2D eigenvalue weighted by Crippen LogP contribution is -2.69. The Balaban J connectivity index is 3.05. The third-order valence-electron chi connectivity index (χ3n) is 2.79. The first-order valence-electron chi connectivity index (χ1n) is 5.46. The van der Waals surface area contributed by atoms with Crippen LogP contribution in [0.4, 0.5) is 0 Å². The van der Waals surface area contributed by atoms with Gasteiger partial charge < -0.3 is 10.2 Å². The van der Waals surface area contributed by atoms with E-state index in [1.165, 1.54) is 0 Å². The van der Waals surface area contributed by atoms with Crippen LogP contribution in [0.5, 0.6) is 0 Å². The van der Waals surface area contributed by atoms with Gasteiger partial charge in [-0.1, -0.05) is 6.92 Å². The summed E-state index contributed by atoms with van der Waals surface area (Å²) in [5.41, 5.74) is -0.771. The molecule has 1 atom stereocenters. The van der Waals surface area contributed by atoms with Gasteiger partial charge >= 0.3 is 0 Å². The van der Waals surface area contributed by atoms with E-state index in [4.69, 9.17) is 0 Å². The van der Waals surface area contributed by atoms with Gasteiger partial charge in [0.15, 0.2) is 0 Å². The van der Waals surface area contributed by atoms with Gasteiger partial charge in [0.2, 0.25) is 11.8 Å². The molecule has 0 aromatic heterocycles. The van der Waals surface area contributed by atoms with Crippen LogP contribution in [0.25, 0.3) is 0 Å². The Morgan fingerprint density at radius 3 is 2.33 bits per heavy atom. The Morgan fingerprint density at radius 1 is 1.40 bits per heavy atom. The SMILES string of the molecule is CCC1C(=O)NC(C)(C)C(=O)N1C(C)C. The third-order valence-corrected chi connectivity index (χ3v) is 2.79. The fourth-order valence-electron chi connectivity index (χ4n) is 2.01. The molecule has 0 radical (unpaired) electrons. The van der Waals surface area contributed by atoms with E-state index < -0.39 is 5.54 Å². The number of nitrogens with one attached hydrogen (secondary N) is 1. The fourth-order valence-corrected chi connectivity index (χ4v) is 2.01. The van der Waals surface area contributed by atoms with Gasteiger partial charge in [-0.15, -0.1) is 0 Å². The quantitative estimate of drug-likeness (QED) is 0.739. The van der Waals surface area contributed by atoms with E-state index in [2.05, 4.69) is 5.32 Å². The molecule has 0 saturated carbocycles. The summed E-state index contributed by atoms with van der Waals surface area (Å²) in [6.45, 7) is 9.29. The molecule has 0 aliphatic carbocycles. The highest BCUT2D eigenvalue weighted by molar-refractivity contribution is 5.99. The lowest BCUT2D eigenvalue weighted by Gasteiger charge is -2.44. The predicted octanol–water partition coefficient (Wildman–Crippen LogP) is 0.910. The zero-order valence-corrected chi connectivity index (χ0v) is 10.1. The van der Waals surface area contributed by atoms with Crippen LogP contribution in [0.1, 0.15) is 41.0 Å². The number of amides is 2. The van der Waals surface area contributed by atoms with Crippen molar-refractivity contribution in [3.05, 3.63) is 0 Å². The van der Waals surface area contributed by atoms with E-state index in [9.17, 15) is 9.59 Å². The molecule has 1 unspecified atom stereocenters. The zero-order chi connectivity index (χ0) is 11.8. The molecule has 1 rings (SSSR count). The van der Waals surface area contributed by atoms with E-state index in [1.54, 1.807) is 18.7 Å². The normalized spacial score (nSPS) is 25.7. The first-order valence-corrected chi connectivity index (χ1v) is 5.46. The minimum absolute atomic E-state index is 0.00366. The van der Waals surface area contributed by atoms with E-state index in [0.717, 1.165) is 0 Å². The number of carbonyl (C=O) groups is 2. The lowest BCUT2D eigenvalue weighted by atomic mass is 9.94. The van der Waals surface area contributed by atoms with Crippen LogP contribution < -0.4 is 5.32 Å². The van der Waals surface area contributed by atoms with Crippen molar-refractivity contribution in [3.8, 4) is 0 Å². The Kier molecular flexibility index (Phi) is 3.07. The van der Waals surface area contributed by atoms with Gasteiger partial charge in [-0.2, -0.15) is 0 Å². The van der Waals surface area contributed by atoms with Gasteiger partial charge in [0.25, 0.3) is 0 Å². The molecule has 1 aliphatic heterocycles. The second-order valence-corrected chi connectivity index (χ2v) is 4.84. The summed E-state index contributed by atoms with van der Waals surface area (Å²) in [4.78, 5) is 25.6. The molecule has 4 heteroatoms. The summed E-state index contributed by atoms with van der Waals surface area (Å²) in [6.07, 6.45) is 0.659. The Hall–Kier alpha value is -1.06. The maximum atomic E-state index is 12.1. The average molecular weight is 212 g/mol. The van der Waals surface area contributed by atoms with Crippen molar-refractivity contribution >= 4 is 11.8 Å². The largest absolute Gasteiger partial charge is 0.340 e. The smallest absolute Gasteiger partial charge is 0.248 e. The standard InChI is InChI=1S/C11H20N2O2/c1-6-8-9(14)12-11(4,5)10(15)13(8)7(2)3/h7-8H,6H2,1-5H3,(H,12,14). The molecular weight excluding hydrogens is 192 g/mol. The highest BCUT2D eigenvalue weighted by atomic mass is 16.2. The Bertz CT molecular complexity index is 284. The van der Waals surface area contributed by atoms with Gasteiger partial charge in [0.1, 0.15) is 11.6 Å². The van der Waals surface area contributed by atoms with E-state index in [-0.39, 0.29) is 23.9 Å². The second-order valence-electron chi connectivity index (χ2n) is 4.84. The van der Waals surface area contributed by atoms with Crippen LogP contribution >= 0.6 is 0 Å². The molecule has 1 fully saturated rings. The van der Waals surface area contributed by atoms with Crippen LogP contribution in [0.3, 0.4) is 0 Å². The molecule has 15 heavy (non-hydrogen) atoms. The zero-order valence-electron chi connectivity index (χ0n) is 10.1. The van der Waals surface area contributed by atoms with Gasteiger partial charge in [-0.25, -0.2) is 0 Å². The molecule has 0 aromatic rings. The summed E-state index contributed by atoms with van der Waals surface area (Å²) in [6, 6.07) is -0.252. The monoisotopic (exact) mass is 212 g/mol. The lowest BCUT2D eigenvalue weighted by molar-refractivity contribution is -0.155. The topological polar surface area (TPSA) is 49.4 Å². The highest BCUT2D eigenvalue weighted by Gasteiger charge is 2.45. The van der Waals surface area contributed by atoms with Crippen LogP contribution in [0.15, 0.2) is 0 Å². The van der Waals surface area contributed by atoms with Gasteiger partial charge in [0.05, 0.1) is 0 Å². The van der Waals surface area contributed by atoms with Crippen LogP contribution in [-0.2, 0) is 9.59 Å². The molecule has 1 saturated heterocycles. The minimum atomic E-state index is -0.771. The van der Waals surface area contributed by atoms with E-state index >= 15 is 0 Å². The molecular formula is C11H20N2O2. The number of carbonyl (C=O) groups excluding carboxylic acids is 2. The number of nitrogens with zero attached hydrogens (tertiary/aromatic N) is 1. The number of hydrogen-bond acceptors (Lipinski definition) is 2. The first kappa shape index (κ1) is 12.0. The fraction of sp³-hybridized carbons (Fsp3) is 0.818. The maximum Gasteiger partial charge on any atom is 0.248 e. The minimum Gasteiger partial charge on any atom is -0.340 e. The number of rotatable bonds is 2. The van der Waals surface area contributed by atoms with E-state index in [0.29, 0.717) is 6.42 Å². The molecule has 86 valence electrons. The summed E-state index contributed by atoms with van der Waals surface area (Å²) in [5, 5.41) is 2.76. The van der Waals surface area contributed by atoms with Crippen molar-refractivity contribution in [2.24, 2.45) is 0 Å². The van der Waals surface area contributed by atoms with Crippen LogP contribution in [0, 0.1) is 0 Å². The van der Waals surface area contributed by atoms with Crippen molar-refractivity contribution < 1.29 is 9.59 Å². The molecule has 0 aromatic carbocycles. The average Bonchev–Trinajstić information content (AvgIpc) is 2.09. The molecule has 0 bridgehead atoms. The molecule has 2 amide bonds. The summed E-state index contributed by atoms with van der Waals surface area (Å²) < 4.78 is 0. The van der Waals surface area contributed by atoms with Crippen LogP contribution in [0.2, 0.25) is 0 Å². The van der Waals surface area contributed by atoms with E-state index in [1.807, 2.05) is 20.8 Å². The van der Waals surface area contributed by atoms with Gasteiger partial charge in [0, 0.05) is 6.04 Å². The van der Waals surface area contributed by atoms with Crippen molar-refractivity contribution in [2.75, 3.05) is 0 Å². The molecule has 4 nitrogen and oxygen atoms in total. The van der Waals surface area contributed by atoms with Gasteiger partial charge in [-0.05, 0) is 34.1 Å². The van der Waals surface area contributed by atoms with Gasteiger partial charge in [-0.3, -0.25) is 9.59 Å². The van der Waals surface area contributed by atoms with Crippen molar-refractivity contribution in [2.45, 2.75) is 58.7 Å². The third kappa shape index (κ3) is 1.98. The summed E-state index contributed by atoms with van der Waals surface area (Å²) >= 11 is 0. The number of piperazine rings is 1. The Morgan fingerprint density at radius 2 is 1.93 bits per heavy atom. The first-order chi connectivity index (χ1) is 6.81. The second kappa shape index (κ2) is 3.83.